The van der Waals surface area contributed by atoms with Gasteiger partial charge in [-0.3, -0.25) is 0 Å². The molecule has 0 radical (unpaired) electrons. The van der Waals surface area contributed by atoms with E-state index in [-0.39, 0.29) is 0 Å². The average molecular weight is 190 g/mol. The van der Waals surface area contributed by atoms with Gasteiger partial charge in [-0.05, 0) is 25.2 Å². The molecule has 76 valence electrons. The SMILES string of the molecule is CC(C)CCn1cnc2c1=CCCC=2. The van der Waals surface area contributed by atoms with Gasteiger partial charge in [-0.1, -0.05) is 26.0 Å². The van der Waals surface area contributed by atoms with E-state index in [1.807, 2.05) is 6.33 Å². The van der Waals surface area contributed by atoms with E-state index in [0.717, 1.165) is 18.9 Å². The number of nitrogens with zero attached hydrogens (tertiary/aromatic N) is 2. The summed E-state index contributed by atoms with van der Waals surface area (Å²) in [6.45, 7) is 5.63. The number of fused-ring (bicyclic) bond motifs is 1. The summed E-state index contributed by atoms with van der Waals surface area (Å²) in [5.41, 5.74) is 0. The fraction of sp³-hybridized carbons (Fsp3) is 0.583. The number of rotatable bonds is 3. The van der Waals surface area contributed by atoms with Gasteiger partial charge in [0, 0.05) is 6.54 Å². The van der Waals surface area contributed by atoms with Crippen molar-refractivity contribution < 1.29 is 0 Å². The minimum absolute atomic E-state index is 0.764. The highest BCUT2D eigenvalue weighted by atomic mass is 15.0. The van der Waals surface area contributed by atoms with Gasteiger partial charge >= 0.3 is 0 Å². The van der Waals surface area contributed by atoms with Gasteiger partial charge in [0.1, 0.15) is 0 Å². The molecule has 1 aromatic heterocycles. The maximum atomic E-state index is 4.41. The minimum atomic E-state index is 0.764. The highest BCUT2D eigenvalue weighted by Gasteiger charge is 2.01. The normalized spacial score (nSPS) is 14.8. The third-order valence-electron chi connectivity index (χ3n) is 2.70. The molecule has 0 bridgehead atoms. The lowest BCUT2D eigenvalue weighted by atomic mass is 10.1. The summed E-state index contributed by atoms with van der Waals surface area (Å²) in [4.78, 5) is 4.41. The number of aromatic nitrogens is 2. The predicted molar refractivity (Wildman–Crippen MR) is 59.1 cm³/mol. The van der Waals surface area contributed by atoms with E-state index in [0.29, 0.717) is 0 Å². The molecule has 1 aliphatic rings. The van der Waals surface area contributed by atoms with E-state index in [1.165, 1.54) is 23.5 Å². The molecule has 1 aliphatic carbocycles. The van der Waals surface area contributed by atoms with Crippen LogP contribution in [0.3, 0.4) is 0 Å². The summed E-state index contributed by atoms with van der Waals surface area (Å²) in [6.07, 6.45) is 10.1. The summed E-state index contributed by atoms with van der Waals surface area (Å²) < 4.78 is 2.28. The van der Waals surface area contributed by atoms with Crippen molar-refractivity contribution in [2.24, 2.45) is 5.92 Å². The molecule has 0 aromatic carbocycles. The molecule has 2 nitrogen and oxygen atoms in total. The number of aryl methyl sites for hydroxylation is 1. The maximum absolute atomic E-state index is 4.41. The van der Waals surface area contributed by atoms with E-state index in [4.69, 9.17) is 0 Å². The van der Waals surface area contributed by atoms with Crippen molar-refractivity contribution in [1.29, 1.82) is 0 Å². The summed E-state index contributed by atoms with van der Waals surface area (Å²) in [5, 5.41) is 2.51. The van der Waals surface area contributed by atoms with Crippen LogP contribution in [0.2, 0.25) is 0 Å². The predicted octanol–water partition coefficient (Wildman–Crippen LogP) is 1.28. The quantitative estimate of drug-likeness (QED) is 0.702. The van der Waals surface area contributed by atoms with Gasteiger partial charge in [0.05, 0.1) is 17.0 Å². The maximum Gasteiger partial charge on any atom is 0.0958 e. The fourth-order valence-corrected chi connectivity index (χ4v) is 1.80. The monoisotopic (exact) mass is 190 g/mol. The second-order valence-corrected chi connectivity index (χ2v) is 4.38. The molecule has 0 atom stereocenters. The molecule has 0 unspecified atom stereocenters. The van der Waals surface area contributed by atoms with Gasteiger partial charge in [0.15, 0.2) is 0 Å². The van der Waals surface area contributed by atoms with Gasteiger partial charge in [-0.15, -0.1) is 0 Å². The first-order valence-electron chi connectivity index (χ1n) is 5.49. The van der Waals surface area contributed by atoms with Crippen molar-refractivity contribution >= 4 is 12.2 Å². The lowest BCUT2D eigenvalue weighted by molar-refractivity contribution is 0.510. The van der Waals surface area contributed by atoms with Crippen molar-refractivity contribution in [1.82, 2.24) is 9.55 Å². The molecule has 0 spiro atoms. The van der Waals surface area contributed by atoms with Crippen LogP contribution in [0.1, 0.15) is 33.1 Å². The van der Waals surface area contributed by atoms with Gasteiger partial charge in [0.25, 0.3) is 0 Å². The first kappa shape index (κ1) is 9.50. The molecule has 2 rings (SSSR count). The van der Waals surface area contributed by atoms with Crippen LogP contribution < -0.4 is 10.7 Å². The molecular formula is C12H18N2. The Morgan fingerprint density at radius 2 is 2.14 bits per heavy atom. The largest absolute Gasteiger partial charge is 0.331 e. The molecule has 1 aromatic rings. The molecule has 0 saturated heterocycles. The number of imidazole rings is 1. The molecule has 2 heteroatoms. The number of hydrogen-bond donors (Lipinski definition) is 0. The highest BCUT2D eigenvalue weighted by Crippen LogP contribution is 2.01. The summed E-state index contributed by atoms with van der Waals surface area (Å²) >= 11 is 0. The molecular weight excluding hydrogens is 172 g/mol. The van der Waals surface area contributed by atoms with Crippen molar-refractivity contribution in [3.05, 3.63) is 17.0 Å². The Labute approximate surface area is 85.0 Å². The second-order valence-electron chi connectivity index (χ2n) is 4.38. The molecule has 0 aliphatic heterocycles. The molecule has 0 amide bonds. The van der Waals surface area contributed by atoms with Gasteiger partial charge < -0.3 is 4.57 Å². The Bertz CT molecular complexity index is 412. The van der Waals surface area contributed by atoms with Crippen LogP contribution in [-0.2, 0) is 6.54 Å². The van der Waals surface area contributed by atoms with Crippen molar-refractivity contribution in [2.45, 2.75) is 39.7 Å². The Morgan fingerprint density at radius 3 is 2.93 bits per heavy atom. The third kappa shape index (κ3) is 1.89. The van der Waals surface area contributed by atoms with Crippen LogP contribution in [0.15, 0.2) is 6.33 Å². The van der Waals surface area contributed by atoms with Crippen molar-refractivity contribution in [3.8, 4) is 0 Å². The van der Waals surface area contributed by atoms with Crippen LogP contribution in [-0.4, -0.2) is 9.55 Å². The van der Waals surface area contributed by atoms with Crippen molar-refractivity contribution in [2.75, 3.05) is 0 Å². The Morgan fingerprint density at radius 1 is 1.36 bits per heavy atom. The average Bonchev–Trinajstić information content (AvgIpc) is 2.58. The fourth-order valence-electron chi connectivity index (χ4n) is 1.80. The van der Waals surface area contributed by atoms with Crippen LogP contribution in [0.5, 0.6) is 0 Å². The molecule has 0 saturated carbocycles. The first-order chi connectivity index (χ1) is 6.77. The zero-order valence-corrected chi connectivity index (χ0v) is 9.03. The summed E-state index contributed by atoms with van der Waals surface area (Å²) in [7, 11) is 0. The van der Waals surface area contributed by atoms with Gasteiger partial charge in [0.2, 0.25) is 0 Å². The zero-order valence-electron chi connectivity index (χ0n) is 9.03. The standard InChI is InChI=1S/C12H18N2/c1-10(2)7-8-14-9-13-11-5-3-4-6-12(11)14/h5-6,9-10H,3-4,7-8H2,1-2H3. The van der Waals surface area contributed by atoms with E-state index in [2.05, 4.69) is 35.6 Å². The van der Waals surface area contributed by atoms with Crippen LogP contribution in [0.25, 0.3) is 12.2 Å². The second kappa shape index (κ2) is 3.99. The highest BCUT2D eigenvalue weighted by molar-refractivity contribution is 5.33. The molecule has 14 heavy (non-hydrogen) atoms. The zero-order chi connectivity index (χ0) is 9.97. The van der Waals surface area contributed by atoms with E-state index in [1.54, 1.807) is 0 Å². The van der Waals surface area contributed by atoms with E-state index in [9.17, 15) is 0 Å². The summed E-state index contributed by atoms with van der Waals surface area (Å²) in [6, 6.07) is 0. The van der Waals surface area contributed by atoms with E-state index >= 15 is 0 Å². The lowest BCUT2D eigenvalue weighted by Crippen LogP contribution is -2.32. The van der Waals surface area contributed by atoms with E-state index < -0.39 is 0 Å². The van der Waals surface area contributed by atoms with Crippen LogP contribution >= 0.6 is 0 Å². The smallest absolute Gasteiger partial charge is 0.0958 e. The Balaban J connectivity index is 2.24. The van der Waals surface area contributed by atoms with Crippen molar-refractivity contribution in [3.63, 3.8) is 0 Å². The molecule has 1 heterocycles. The van der Waals surface area contributed by atoms with Gasteiger partial charge in [-0.2, -0.15) is 0 Å². The first-order valence-corrected chi connectivity index (χ1v) is 5.49. The Hall–Kier alpha value is -1.05. The minimum Gasteiger partial charge on any atom is -0.331 e. The Kier molecular flexibility index (Phi) is 2.71. The molecule has 0 fully saturated rings. The topological polar surface area (TPSA) is 17.8 Å². The summed E-state index contributed by atoms with van der Waals surface area (Å²) in [5.74, 6) is 0.764. The molecule has 0 N–H and O–H groups in total. The van der Waals surface area contributed by atoms with Gasteiger partial charge in [-0.25, -0.2) is 4.98 Å². The number of hydrogen-bond acceptors (Lipinski definition) is 1. The lowest BCUT2D eigenvalue weighted by Gasteiger charge is -2.06. The van der Waals surface area contributed by atoms with Crippen LogP contribution in [0, 0.1) is 5.92 Å². The third-order valence-corrected chi connectivity index (χ3v) is 2.70. The van der Waals surface area contributed by atoms with Crippen LogP contribution in [0.4, 0.5) is 0 Å².